The molecule has 0 aliphatic carbocycles. The van der Waals surface area contributed by atoms with Crippen LogP contribution in [0, 0.1) is 17.0 Å². The Bertz CT molecular complexity index is 952. The Hall–Kier alpha value is -3.47. The molecular formula is C21H18N2O3. The third kappa shape index (κ3) is 3.95. The van der Waals surface area contributed by atoms with Crippen LogP contribution in [-0.2, 0) is 6.42 Å². The minimum absolute atomic E-state index is 0.00558. The van der Waals surface area contributed by atoms with Crippen molar-refractivity contribution < 1.29 is 9.72 Å². The van der Waals surface area contributed by atoms with Gasteiger partial charge in [0.25, 0.3) is 11.6 Å². The number of para-hydroxylation sites is 1. The van der Waals surface area contributed by atoms with E-state index in [-0.39, 0.29) is 11.6 Å². The Balaban J connectivity index is 1.82. The predicted molar refractivity (Wildman–Crippen MR) is 101 cm³/mol. The number of aryl methyl sites for hydroxylation is 1. The van der Waals surface area contributed by atoms with E-state index in [4.69, 9.17) is 0 Å². The van der Waals surface area contributed by atoms with Crippen molar-refractivity contribution in [1.29, 1.82) is 0 Å². The van der Waals surface area contributed by atoms with Crippen LogP contribution in [0.1, 0.15) is 27.0 Å². The summed E-state index contributed by atoms with van der Waals surface area (Å²) in [5.74, 6) is -0.288. The highest BCUT2D eigenvalue weighted by Crippen LogP contribution is 2.22. The van der Waals surface area contributed by atoms with E-state index in [2.05, 4.69) is 5.32 Å². The molecule has 0 atom stereocenters. The fourth-order valence-electron chi connectivity index (χ4n) is 2.81. The number of nitro benzene ring substituents is 1. The van der Waals surface area contributed by atoms with Gasteiger partial charge in [-0.3, -0.25) is 14.9 Å². The van der Waals surface area contributed by atoms with Crippen LogP contribution < -0.4 is 5.32 Å². The van der Waals surface area contributed by atoms with E-state index in [0.717, 1.165) is 16.8 Å². The fourth-order valence-corrected chi connectivity index (χ4v) is 2.81. The zero-order valence-electron chi connectivity index (χ0n) is 14.3. The number of nitrogens with zero attached hydrogens (tertiary/aromatic N) is 1. The standard InChI is InChI=1S/C21H18N2O3/c1-15-13-18(11-12-20(15)23(25)26)21(24)22-19-10-6-5-9-17(19)14-16-7-3-2-4-8-16/h2-13H,14H2,1H3,(H,22,24). The van der Waals surface area contributed by atoms with E-state index in [9.17, 15) is 14.9 Å². The summed E-state index contributed by atoms with van der Waals surface area (Å²) >= 11 is 0. The summed E-state index contributed by atoms with van der Waals surface area (Å²) in [5.41, 5.74) is 3.75. The average Bonchev–Trinajstić information content (AvgIpc) is 2.63. The Morgan fingerprint density at radius 3 is 2.38 bits per heavy atom. The van der Waals surface area contributed by atoms with Crippen molar-refractivity contribution in [2.75, 3.05) is 5.32 Å². The Kier molecular flexibility index (Phi) is 5.08. The van der Waals surface area contributed by atoms with Crippen LogP contribution >= 0.6 is 0 Å². The first kappa shape index (κ1) is 17.4. The maximum absolute atomic E-state index is 12.6. The number of rotatable bonds is 5. The third-order valence-electron chi connectivity index (χ3n) is 4.16. The van der Waals surface area contributed by atoms with E-state index in [0.29, 0.717) is 17.5 Å². The van der Waals surface area contributed by atoms with Crippen LogP contribution in [0.5, 0.6) is 0 Å². The number of hydrogen-bond donors (Lipinski definition) is 1. The summed E-state index contributed by atoms with van der Waals surface area (Å²) in [6, 6.07) is 22.0. The van der Waals surface area contributed by atoms with Crippen molar-refractivity contribution in [3.63, 3.8) is 0 Å². The highest BCUT2D eigenvalue weighted by Gasteiger charge is 2.15. The second-order valence-corrected chi connectivity index (χ2v) is 6.03. The Morgan fingerprint density at radius 1 is 1.00 bits per heavy atom. The molecule has 0 aliphatic rings. The number of nitrogens with one attached hydrogen (secondary N) is 1. The van der Waals surface area contributed by atoms with Gasteiger partial charge in [-0.2, -0.15) is 0 Å². The molecule has 3 aromatic rings. The molecule has 0 heterocycles. The molecule has 0 saturated heterocycles. The van der Waals surface area contributed by atoms with E-state index >= 15 is 0 Å². The first-order valence-electron chi connectivity index (χ1n) is 8.23. The molecule has 3 rings (SSSR count). The van der Waals surface area contributed by atoms with Crippen molar-refractivity contribution in [2.45, 2.75) is 13.3 Å². The minimum Gasteiger partial charge on any atom is -0.322 e. The largest absolute Gasteiger partial charge is 0.322 e. The zero-order valence-corrected chi connectivity index (χ0v) is 14.3. The quantitative estimate of drug-likeness (QED) is 0.535. The number of anilines is 1. The molecule has 0 spiro atoms. The predicted octanol–water partition coefficient (Wildman–Crippen LogP) is 4.75. The van der Waals surface area contributed by atoms with E-state index in [1.807, 2.05) is 54.6 Å². The highest BCUT2D eigenvalue weighted by atomic mass is 16.6. The van der Waals surface area contributed by atoms with Crippen LogP contribution in [0.2, 0.25) is 0 Å². The van der Waals surface area contributed by atoms with E-state index < -0.39 is 4.92 Å². The van der Waals surface area contributed by atoms with Gasteiger partial charge in [-0.1, -0.05) is 48.5 Å². The van der Waals surface area contributed by atoms with Gasteiger partial charge in [0, 0.05) is 22.9 Å². The number of carbonyl (C=O) groups is 1. The molecule has 5 nitrogen and oxygen atoms in total. The van der Waals surface area contributed by atoms with Gasteiger partial charge in [-0.05, 0) is 42.7 Å². The van der Waals surface area contributed by atoms with Crippen molar-refractivity contribution in [2.24, 2.45) is 0 Å². The van der Waals surface area contributed by atoms with Crippen LogP contribution in [0.25, 0.3) is 0 Å². The highest BCUT2D eigenvalue weighted by molar-refractivity contribution is 6.05. The van der Waals surface area contributed by atoms with Crippen LogP contribution in [0.15, 0.2) is 72.8 Å². The summed E-state index contributed by atoms with van der Waals surface area (Å²) in [6.45, 7) is 1.62. The molecule has 1 N–H and O–H groups in total. The van der Waals surface area contributed by atoms with Crippen molar-refractivity contribution in [3.8, 4) is 0 Å². The third-order valence-corrected chi connectivity index (χ3v) is 4.16. The molecule has 5 heteroatoms. The summed E-state index contributed by atoms with van der Waals surface area (Å²) in [5, 5.41) is 13.8. The van der Waals surface area contributed by atoms with Gasteiger partial charge in [-0.15, -0.1) is 0 Å². The summed E-state index contributed by atoms with van der Waals surface area (Å²) in [6.07, 6.45) is 0.705. The Labute approximate surface area is 151 Å². The summed E-state index contributed by atoms with van der Waals surface area (Å²) in [4.78, 5) is 23.0. The van der Waals surface area contributed by atoms with Gasteiger partial charge >= 0.3 is 0 Å². The molecule has 26 heavy (non-hydrogen) atoms. The lowest BCUT2D eigenvalue weighted by molar-refractivity contribution is -0.385. The molecule has 0 aromatic heterocycles. The van der Waals surface area contributed by atoms with Crippen LogP contribution in [0.4, 0.5) is 11.4 Å². The topological polar surface area (TPSA) is 72.2 Å². The van der Waals surface area contributed by atoms with Gasteiger partial charge in [0.15, 0.2) is 0 Å². The number of amides is 1. The molecule has 3 aromatic carbocycles. The summed E-state index contributed by atoms with van der Waals surface area (Å²) < 4.78 is 0. The lowest BCUT2D eigenvalue weighted by atomic mass is 10.0. The second kappa shape index (κ2) is 7.61. The molecule has 1 amide bonds. The van der Waals surface area contributed by atoms with Crippen molar-refractivity contribution >= 4 is 17.3 Å². The smallest absolute Gasteiger partial charge is 0.272 e. The number of carbonyl (C=O) groups excluding carboxylic acids is 1. The fraction of sp³-hybridized carbons (Fsp3) is 0.0952. The molecule has 130 valence electrons. The maximum atomic E-state index is 12.6. The van der Waals surface area contributed by atoms with Crippen LogP contribution in [0.3, 0.4) is 0 Å². The zero-order chi connectivity index (χ0) is 18.5. The number of nitro groups is 1. The minimum atomic E-state index is -0.452. The molecular weight excluding hydrogens is 328 g/mol. The van der Waals surface area contributed by atoms with Gasteiger partial charge in [0.05, 0.1) is 4.92 Å². The molecule has 0 fully saturated rings. The number of hydrogen-bond acceptors (Lipinski definition) is 3. The average molecular weight is 346 g/mol. The monoisotopic (exact) mass is 346 g/mol. The van der Waals surface area contributed by atoms with Crippen molar-refractivity contribution in [3.05, 3.63) is 105 Å². The first-order chi connectivity index (χ1) is 12.5. The van der Waals surface area contributed by atoms with Gasteiger partial charge in [-0.25, -0.2) is 0 Å². The SMILES string of the molecule is Cc1cc(C(=O)Nc2ccccc2Cc2ccccc2)ccc1[N+](=O)[O-]. The molecule has 0 bridgehead atoms. The lowest BCUT2D eigenvalue weighted by Gasteiger charge is -2.12. The normalized spacial score (nSPS) is 10.3. The van der Waals surface area contributed by atoms with Gasteiger partial charge in [0.1, 0.15) is 0 Å². The van der Waals surface area contributed by atoms with Gasteiger partial charge < -0.3 is 5.32 Å². The molecule has 0 aliphatic heterocycles. The second-order valence-electron chi connectivity index (χ2n) is 6.03. The van der Waals surface area contributed by atoms with Gasteiger partial charge in [0.2, 0.25) is 0 Å². The molecule has 0 radical (unpaired) electrons. The Morgan fingerprint density at radius 2 is 1.69 bits per heavy atom. The summed E-state index contributed by atoms with van der Waals surface area (Å²) in [7, 11) is 0. The molecule has 0 saturated carbocycles. The molecule has 0 unspecified atom stereocenters. The maximum Gasteiger partial charge on any atom is 0.272 e. The van der Waals surface area contributed by atoms with E-state index in [1.54, 1.807) is 6.92 Å². The van der Waals surface area contributed by atoms with Crippen molar-refractivity contribution in [1.82, 2.24) is 0 Å². The van der Waals surface area contributed by atoms with E-state index in [1.165, 1.54) is 18.2 Å². The number of benzene rings is 3. The first-order valence-corrected chi connectivity index (χ1v) is 8.23. The lowest BCUT2D eigenvalue weighted by Crippen LogP contribution is -2.13. The van der Waals surface area contributed by atoms with Crippen LogP contribution in [-0.4, -0.2) is 10.8 Å².